The molecule has 0 heterocycles. The Hall–Kier alpha value is -0.730. The Balaban J connectivity index is 3.01. The maximum Gasteiger partial charge on any atom is 0.404 e. The Morgan fingerprint density at radius 3 is 0.848 bits per heavy atom. The number of amides is 1. The molecule has 0 aliphatic heterocycles. The lowest BCUT2D eigenvalue weighted by atomic mass is 10.0. The van der Waals surface area contributed by atoms with Crippen molar-refractivity contribution >= 4 is 6.09 Å². The molecule has 0 atom stereocenters. The molecule has 198 valence electrons. The highest BCUT2D eigenvalue weighted by Gasteiger charge is 1.97. The quantitative estimate of drug-likeness (QED) is 0.116. The van der Waals surface area contributed by atoms with Crippen molar-refractivity contribution in [3.8, 4) is 0 Å². The van der Waals surface area contributed by atoms with Crippen LogP contribution in [0.1, 0.15) is 180 Å². The smallest absolute Gasteiger partial charge is 0.404 e. The Labute approximate surface area is 208 Å². The van der Waals surface area contributed by atoms with Gasteiger partial charge in [-0.2, -0.15) is 0 Å². The zero-order chi connectivity index (χ0) is 24.1. The molecular formula is C30H61NO2. The van der Waals surface area contributed by atoms with Gasteiger partial charge in [-0.15, -0.1) is 0 Å². The molecule has 0 aliphatic rings. The molecule has 0 rings (SSSR count). The molecule has 0 aromatic carbocycles. The number of ether oxygens (including phenoxy) is 1. The third-order valence-corrected chi connectivity index (χ3v) is 6.99. The second-order valence-corrected chi connectivity index (χ2v) is 10.4. The average molecular weight is 468 g/mol. The fourth-order valence-electron chi connectivity index (χ4n) is 4.77. The second-order valence-electron chi connectivity index (χ2n) is 10.4. The molecule has 1 amide bonds. The number of unbranched alkanes of at least 4 members (excludes halogenated alkanes) is 26. The predicted octanol–water partition coefficient (Wildman–Crippen LogP) is 10.6. The van der Waals surface area contributed by atoms with E-state index in [4.69, 9.17) is 10.5 Å². The van der Waals surface area contributed by atoms with Gasteiger partial charge in [-0.05, 0) is 6.42 Å². The third-order valence-electron chi connectivity index (χ3n) is 6.99. The van der Waals surface area contributed by atoms with Gasteiger partial charge in [0.15, 0.2) is 0 Å². The first-order chi connectivity index (χ1) is 16.3. The molecule has 0 spiro atoms. The van der Waals surface area contributed by atoms with Crippen molar-refractivity contribution in [3.63, 3.8) is 0 Å². The van der Waals surface area contributed by atoms with Gasteiger partial charge < -0.3 is 10.5 Å². The molecule has 0 radical (unpaired) electrons. The van der Waals surface area contributed by atoms with E-state index in [2.05, 4.69) is 6.92 Å². The van der Waals surface area contributed by atoms with Crippen LogP contribution < -0.4 is 5.73 Å². The Bertz CT molecular complexity index is 372. The van der Waals surface area contributed by atoms with Crippen LogP contribution in [-0.4, -0.2) is 12.7 Å². The average Bonchev–Trinajstić information content (AvgIpc) is 2.80. The topological polar surface area (TPSA) is 52.3 Å². The minimum absolute atomic E-state index is 0.481. The zero-order valence-electron chi connectivity index (χ0n) is 22.7. The van der Waals surface area contributed by atoms with E-state index in [1.807, 2.05) is 0 Å². The maximum absolute atomic E-state index is 10.4. The van der Waals surface area contributed by atoms with Gasteiger partial charge in [0.25, 0.3) is 0 Å². The van der Waals surface area contributed by atoms with Gasteiger partial charge in [0.05, 0.1) is 6.61 Å². The van der Waals surface area contributed by atoms with Crippen molar-refractivity contribution < 1.29 is 9.53 Å². The zero-order valence-corrected chi connectivity index (χ0v) is 22.7. The first-order valence-corrected chi connectivity index (χ1v) is 15.2. The van der Waals surface area contributed by atoms with Crippen molar-refractivity contribution in [3.05, 3.63) is 0 Å². The molecule has 3 nitrogen and oxygen atoms in total. The normalized spacial score (nSPS) is 11.2. The van der Waals surface area contributed by atoms with Gasteiger partial charge >= 0.3 is 6.09 Å². The maximum atomic E-state index is 10.4. The third kappa shape index (κ3) is 31.3. The van der Waals surface area contributed by atoms with Crippen LogP contribution in [0.15, 0.2) is 0 Å². The SMILES string of the molecule is CCCCCCCCCCCCCCCCCCCCCCCCCCCCCOC(N)=O. The van der Waals surface area contributed by atoms with Gasteiger partial charge in [-0.3, -0.25) is 0 Å². The number of rotatable bonds is 28. The molecule has 0 saturated heterocycles. The minimum atomic E-state index is -0.648. The first kappa shape index (κ1) is 32.3. The number of hydrogen-bond donors (Lipinski definition) is 1. The van der Waals surface area contributed by atoms with Crippen LogP contribution in [0, 0.1) is 0 Å². The van der Waals surface area contributed by atoms with Gasteiger partial charge in [-0.25, -0.2) is 4.79 Å². The number of primary amides is 1. The van der Waals surface area contributed by atoms with Crippen molar-refractivity contribution in [2.75, 3.05) is 6.61 Å². The molecule has 0 aromatic rings. The van der Waals surface area contributed by atoms with E-state index in [-0.39, 0.29) is 0 Å². The highest BCUT2D eigenvalue weighted by Crippen LogP contribution is 2.16. The molecule has 0 fully saturated rings. The summed E-state index contributed by atoms with van der Waals surface area (Å²) >= 11 is 0. The van der Waals surface area contributed by atoms with E-state index >= 15 is 0 Å². The summed E-state index contributed by atoms with van der Waals surface area (Å²) < 4.78 is 4.74. The van der Waals surface area contributed by atoms with Crippen LogP contribution in [0.3, 0.4) is 0 Å². The summed E-state index contributed by atoms with van der Waals surface area (Å²) in [5.41, 5.74) is 4.94. The number of carbonyl (C=O) groups is 1. The van der Waals surface area contributed by atoms with Crippen molar-refractivity contribution in [2.45, 2.75) is 180 Å². The second kappa shape index (κ2) is 29.3. The van der Waals surface area contributed by atoms with E-state index in [0.29, 0.717) is 6.61 Å². The number of hydrogen-bond acceptors (Lipinski definition) is 2. The van der Waals surface area contributed by atoms with Crippen LogP contribution in [-0.2, 0) is 4.74 Å². The van der Waals surface area contributed by atoms with Crippen LogP contribution in [0.5, 0.6) is 0 Å². The van der Waals surface area contributed by atoms with Crippen molar-refractivity contribution in [2.24, 2.45) is 5.73 Å². The summed E-state index contributed by atoms with van der Waals surface area (Å²) in [7, 11) is 0. The van der Waals surface area contributed by atoms with E-state index in [1.54, 1.807) is 0 Å². The van der Waals surface area contributed by atoms with Crippen molar-refractivity contribution in [1.29, 1.82) is 0 Å². The molecular weight excluding hydrogens is 406 g/mol. The van der Waals surface area contributed by atoms with E-state index in [9.17, 15) is 4.79 Å². The Morgan fingerprint density at radius 2 is 0.636 bits per heavy atom. The lowest BCUT2D eigenvalue weighted by Crippen LogP contribution is -2.13. The summed E-state index contributed by atoms with van der Waals surface area (Å²) in [5.74, 6) is 0. The minimum Gasteiger partial charge on any atom is -0.450 e. The van der Waals surface area contributed by atoms with Crippen LogP contribution in [0.25, 0.3) is 0 Å². The van der Waals surface area contributed by atoms with Gasteiger partial charge in [-0.1, -0.05) is 174 Å². The highest BCUT2D eigenvalue weighted by molar-refractivity contribution is 5.64. The van der Waals surface area contributed by atoms with Crippen molar-refractivity contribution in [1.82, 2.24) is 0 Å². The van der Waals surface area contributed by atoms with Crippen LogP contribution in [0.2, 0.25) is 0 Å². The fourth-order valence-corrected chi connectivity index (χ4v) is 4.77. The van der Waals surface area contributed by atoms with Gasteiger partial charge in [0, 0.05) is 0 Å². The predicted molar refractivity (Wildman–Crippen MR) is 146 cm³/mol. The molecule has 0 aromatic heterocycles. The molecule has 0 aliphatic carbocycles. The van der Waals surface area contributed by atoms with Crippen LogP contribution >= 0.6 is 0 Å². The Morgan fingerprint density at radius 1 is 0.424 bits per heavy atom. The van der Waals surface area contributed by atoms with Gasteiger partial charge in [0.1, 0.15) is 0 Å². The molecule has 0 saturated carbocycles. The molecule has 0 unspecified atom stereocenters. The highest BCUT2D eigenvalue weighted by atomic mass is 16.5. The molecule has 0 bridgehead atoms. The summed E-state index contributed by atoms with van der Waals surface area (Å²) in [6.07, 6.45) is 37.3. The summed E-state index contributed by atoms with van der Waals surface area (Å²) in [5, 5.41) is 0. The Kier molecular flexibility index (Phi) is 28.7. The number of nitrogens with two attached hydrogens (primary N) is 1. The summed E-state index contributed by atoms with van der Waals surface area (Å²) in [6, 6.07) is 0. The molecule has 3 heteroatoms. The summed E-state index contributed by atoms with van der Waals surface area (Å²) in [6.45, 7) is 2.78. The van der Waals surface area contributed by atoms with E-state index in [1.165, 1.54) is 161 Å². The standard InChI is InChI=1S/C30H61NO2/c1-2-3-4-5-6-7-8-9-10-11-12-13-14-15-16-17-18-19-20-21-22-23-24-25-26-27-28-29-33-30(31)32/h2-29H2,1H3,(H2,31,32). The summed E-state index contributed by atoms with van der Waals surface area (Å²) in [4.78, 5) is 10.4. The van der Waals surface area contributed by atoms with Crippen LogP contribution in [0.4, 0.5) is 4.79 Å². The van der Waals surface area contributed by atoms with Gasteiger partial charge in [0.2, 0.25) is 0 Å². The number of carbonyl (C=O) groups excluding carboxylic acids is 1. The lowest BCUT2D eigenvalue weighted by molar-refractivity contribution is 0.154. The van der Waals surface area contributed by atoms with E-state index in [0.717, 1.165) is 12.8 Å². The molecule has 33 heavy (non-hydrogen) atoms. The lowest BCUT2D eigenvalue weighted by Gasteiger charge is -2.04. The fraction of sp³-hybridized carbons (Fsp3) is 0.967. The molecule has 2 N–H and O–H groups in total. The van der Waals surface area contributed by atoms with E-state index < -0.39 is 6.09 Å². The first-order valence-electron chi connectivity index (χ1n) is 15.2. The largest absolute Gasteiger partial charge is 0.450 e. The monoisotopic (exact) mass is 467 g/mol.